The number of nitrogens with zero attached hydrogens (tertiary/aromatic N) is 4. The summed E-state index contributed by atoms with van der Waals surface area (Å²) < 4.78 is 21.2. The van der Waals surface area contributed by atoms with E-state index in [9.17, 15) is 4.39 Å². The van der Waals surface area contributed by atoms with Gasteiger partial charge in [0.2, 0.25) is 5.95 Å². The second-order valence-electron chi connectivity index (χ2n) is 8.09. The normalized spacial score (nSPS) is 12.1. The number of halogens is 1. The molecule has 4 heterocycles. The third-order valence-corrected chi connectivity index (χ3v) is 6.41. The van der Waals surface area contributed by atoms with Crippen molar-refractivity contribution in [3.8, 4) is 11.3 Å². The van der Waals surface area contributed by atoms with Crippen LogP contribution >= 0.6 is 0 Å². The van der Waals surface area contributed by atoms with Crippen LogP contribution in [-0.2, 0) is 11.5 Å². The predicted molar refractivity (Wildman–Crippen MR) is 112 cm³/mol. The van der Waals surface area contributed by atoms with Crippen LogP contribution in [0.15, 0.2) is 48.8 Å². The minimum Gasteiger partial charge on any atom is -0.361 e. The predicted octanol–water partition coefficient (Wildman–Crippen LogP) is 5.10. The van der Waals surface area contributed by atoms with Gasteiger partial charge in [0.25, 0.3) is 0 Å². The highest BCUT2D eigenvalue weighted by Crippen LogP contribution is 2.29. The first-order valence-electron chi connectivity index (χ1n) is 9.36. The minimum absolute atomic E-state index is 0.402. The fourth-order valence-corrected chi connectivity index (χ4v) is 3.89. The number of hydrogen-bond acceptors (Lipinski definition) is 4. The zero-order valence-electron chi connectivity index (χ0n) is 16.3. The summed E-state index contributed by atoms with van der Waals surface area (Å²) in [7, 11) is -1.15. The molecule has 0 aliphatic heterocycles. The standard InChI is InChI=1S/C21H23FN4OSi/c1-28(2,3)12-11-27-14-26-20-16(5-4-10-23-20)17-7-8-18(25-21(17)26)15-6-9-19(22)24-13-15/h4-10,13H,11-12,14H2,1-3H3. The van der Waals surface area contributed by atoms with Gasteiger partial charge < -0.3 is 4.74 Å². The Labute approximate surface area is 164 Å². The van der Waals surface area contributed by atoms with Crippen LogP contribution in [0.5, 0.6) is 0 Å². The van der Waals surface area contributed by atoms with Crippen molar-refractivity contribution >= 4 is 30.1 Å². The summed E-state index contributed by atoms with van der Waals surface area (Å²) in [5.41, 5.74) is 3.18. The lowest BCUT2D eigenvalue weighted by atomic mass is 10.1. The molecule has 4 rings (SSSR count). The molecule has 0 N–H and O–H groups in total. The summed E-state index contributed by atoms with van der Waals surface area (Å²) in [6.45, 7) is 8.14. The van der Waals surface area contributed by atoms with Gasteiger partial charge in [-0.3, -0.25) is 4.57 Å². The molecule has 5 nitrogen and oxygen atoms in total. The van der Waals surface area contributed by atoms with E-state index in [0.29, 0.717) is 6.73 Å². The molecule has 0 aliphatic carbocycles. The highest BCUT2D eigenvalue weighted by molar-refractivity contribution is 6.76. The van der Waals surface area contributed by atoms with Gasteiger partial charge >= 0.3 is 0 Å². The molecule has 0 saturated heterocycles. The van der Waals surface area contributed by atoms with Crippen molar-refractivity contribution in [1.29, 1.82) is 0 Å². The van der Waals surface area contributed by atoms with E-state index in [0.717, 1.165) is 46.0 Å². The van der Waals surface area contributed by atoms with Crippen LogP contribution in [0.3, 0.4) is 0 Å². The van der Waals surface area contributed by atoms with E-state index < -0.39 is 14.0 Å². The van der Waals surface area contributed by atoms with E-state index in [-0.39, 0.29) is 0 Å². The zero-order valence-corrected chi connectivity index (χ0v) is 17.3. The molecule has 0 saturated carbocycles. The van der Waals surface area contributed by atoms with E-state index in [1.807, 2.05) is 28.8 Å². The molecule has 0 atom stereocenters. The molecule has 7 heteroatoms. The summed E-state index contributed by atoms with van der Waals surface area (Å²) in [6, 6.07) is 12.1. The van der Waals surface area contributed by atoms with E-state index in [2.05, 4.69) is 29.6 Å². The summed E-state index contributed by atoms with van der Waals surface area (Å²) in [5.74, 6) is -0.501. The van der Waals surface area contributed by atoms with Crippen LogP contribution in [0.4, 0.5) is 4.39 Å². The smallest absolute Gasteiger partial charge is 0.212 e. The molecule has 0 aliphatic rings. The maximum atomic E-state index is 13.2. The van der Waals surface area contributed by atoms with Gasteiger partial charge in [-0.15, -0.1) is 0 Å². The molecule has 0 fully saturated rings. The summed E-state index contributed by atoms with van der Waals surface area (Å²) in [6.07, 6.45) is 3.28. The molecule has 144 valence electrons. The van der Waals surface area contributed by atoms with Gasteiger partial charge in [0.05, 0.1) is 5.69 Å². The molecule has 28 heavy (non-hydrogen) atoms. The van der Waals surface area contributed by atoms with Crippen molar-refractivity contribution < 1.29 is 9.13 Å². The lowest BCUT2D eigenvalue weighted by molar-refractivity contribution is 0.0922. The van der Waals surface area contributed by atoms with Gasteiger partial charge in [-0.2, -0.15) is 4.39 Å². The Kier molecular flexibility index (Phi) is 4.95. The van der Waals surface area contributed by atoms with Crippen LogP contribution < -0.4 is 0 Å². The fourth-order valence-electron chi connectivity index (χ4n) is 3.13. The Morgan fingerprint density at radius 3 is 2.57 bits per heavy atom. The Morgan fingerprint density at radius 2 is 1.82 bits per heavy atom. The summed E-state index contributed by atoms with van der Waals surface area (Å²) >= 11 is 0. The van der Waals surface area contributed by atoms with Crippen LogP contribution in [0.25, 0.3) is 33.3 Å². The molecule has 0 spiro atoms. The number of aromatic nitrogens is 4. The average molecular weight is 395 g/mol. The van der Waals surface area contributed by atoms with Crippen molar-refractivity contribution in [2.24, 2.45) is 0 Å². The molecule has 0 aromatic carbocycles. The Morgan fingerprint density at radius 1 is 1.00 bits per heavy atom. The van der Waals surface area contributed by atoms with Gasteiger partial charge in [-0.05, 0) is 42.4 Å². The zero-order chi connectivity index (χ0) is 19.7. The monoisotopic (exact) mass is 394 g/mol. The summed E-state index contributed by atoms with van der Waals surface area (Å²) in [5, 5.41) is 2.07. The maximum Gasteiger partial charge on any atom is 0.212 e. The van der Waals surface area contributed by atoms with Gasteiger partial charge in [0, 0.05) is 43.4 Å². The second-order valence-corrected chi connectivity index (χ2v) is 13.7. The minimum atomic E-state index is -1.15. The Bertz CT molecular complexity index is 1120. The summed E-state index contributed by atoms with van der Waals surface area (Å²) in [4.78, 5) is 13.1. The SMILES string of the molecule is C[Si](C)(C)CCOCn1c2ncccc2c2ccc(-c3ccc(F)nc3)nc21. The van der Waals surface area contributed by atoms with Crippen molar-refractivity contribution in [2.45, 2.75) is 32.4 Å². The third kappa shape index (κ3) is 3.81. The van der Waals surface area contributed by atoms with Gasteiger partial charge in [-0.1, -0.05) is 19.6 Å². The van der Waals surface area contributed by atoms with E-state index in [4.69, 9.17) is 9.72 Å². The lowest BCUT2D eigenvalue weighted by Crippen LogP contribution is -2.22. The number of hydrogen-bond donors (Lipinski definition) is 0. The van der Waals surface area contributed by atoms with Crippen LogP contribution in [-0.4, -0.2) is 34.2 Å². The van der Waals surface area contributed by atoms with Gasteiger partial charge in [0.1, 0.15) is 18.0 Å². The molecule has 4 aromatic heterocycles. The largest absolute Gasteiger partial charge is 0.361 e. The van der Waals surface area contributed by atoms with E-state index >= 15 is 0 Å². The quantitative estimate of drug-likeness (QED) is 0.259. The molecule has 0 amide bonds. The van der Waals surface area contributed by atoms with Crippen molar-refractivity contribution in [1.82, 2.24) is 19.5 Å². The van der Waals surface area contributed by atoms with Gasteiger partial charge in [-0.25, -0.2) is 15.0 Å². The first-order chi connectivity index (χ1) is 13.4. The molecule has 0 radical (unpaired) electrons. The number of ether oxygens (including phenoxy) is 1. The molecular formula is C21H23FN4OSi. The number of fused-ring (bicyclic) bond motifs is 3. The van der Waals surface area contributed by atoms with Crippen molar-refractivity contribution in [3.63, 3.8) is 0 Å². The average Bonchev–Trinajstić information content (AvgIpc) is 2.98. The van der Waals surface area contributed by atoms with Crippen LogP contribution in [0, 0.1) is 5.95 Å². The van der Waals surface area contributed by atoms with E-state index in [1.165, 1.54) is 12.3 Å². The van der Waals surface area contributed by atoms with Crippen LogP contribution in [0.1, 0.15) is 0 Å². The second kappa shape index (κ2) is 7.41. The third-order valence-electron chi connectivity index (χ3n) is 4.70. The highest BCUT2D eigenvalue weighted by Gasteiger charge is 2.16. The van der Waals surface area contributed by atoms with Crippen molar-refractivity contribution in [3.05, 3.63) is 54.7 Å². The first kappa shape index (κ1) is 18.7. The lowest BCUT2D eigenvalue weighted by Gasteiger charge is -2.16. The van der Waals surface area contributed by atoms with Crippen molar-refractivity contribution in [2.75, 3.05) is 6.61 Å². The molecule has 0 bridgehead atoms. The fraction of sp³-hybridized carbons (Fsp3) is 0.286. The number of pyridine rings is 3. The molecule has 0 unspecified atom stereocenters. The highest BCUT2D eigenvalue weighted by atomic mass is 28.3. The van der Waals surface area contributed by atoms with Crippen LogP contribution in [0.2, 0.25) is 25.7 Å². The number of rotatable bonds is 6. The first-order valence-corrected chi connectivity index (χ1v) is 13.1. The Hall–Kier alpha value is -2.64. The molecular weight excluding hydrogens is 371 g/mol. The topological polar surface area (TPSA) is 52.8 Å². The van der Waals surface area contributed by atoms with Gasteiger partial charge in [0.15, 0.2) is 0 Å². The maximum absolute atomic E-state index is 13.2. The molecule has 4 aromatic rings. The Balaban J connectivity index is 1.74. The van der Waals surface area contributed by atoms with E-state index in [1.54, 1.807) is 12.3 Å².